The largest absolute Gasteiger partial charge is 2.00 e. The van der Waals surface area contributed by atoms with Crippen molar-refractivity contribution >= 4 is 5.78 Å². The van der Waals surface area contributed by atoms with Crippen molar-refractivity contribution in [2.45, 2.75) is 58.8 Å². The summed E-state index contributed by atoms with van der Waals surface area (Å²) in [7, 11) is 0. The molecular weight excluding hydrogens is 410 g/mol. The van der Waals surface area contributed by atoms with E-state index in [1.54, 1.807) is 0 Å². The fraction of sp³-hybridized carbons (Fsp3) is 0.692. The van der Waals surface area contributed by atoms with Crippen LogP contribution >= 0.6 is 0 Å². The van der Waals surface area contributed by atoms with Crippen LogP contribution in [0.1, 0.15) is 58.8 Å². The molecule has 2 heteroatoms. The first-order valence-corrected chi connectivity index (χ1v) is 5.62. The van der Waals surface area contributed by atoms with Gasteiger partial charge >= 0.3 is 31.1 Å². The molecule has 0 aromatic rings. The van der Waals surface area contributed by atoms with Crippen molar-refractivity contribution in [3.05, 3.63) is 17.6 Å². The Labute approximate surface area is 117 Å². The molecule has 0 aromatic heterocycles. The first kappa shape index (κ1) is 15.3. The molecule has 0 heterocycles. The van der Waals surface area contributed by atoms with E-state index in [1.165, 1.54) is 31.3 Å². The first-order valence-electron chi connectivity index (χ1n) is 5.62. The molecule has 0 unspecified atom stereocenters. The van der Waals surface area contributed by atoms with Crippen molar-refractivity contribution in [2.24, 2.45) is 0 Å². The molecule has 0 aromatic carbocycles. The van der Waals surface area contributed by atoms with Crippen LogP contribution < -0.4 is 0 Å². The maximum Gasteiger partial charge on any atom is 2.00 e. The molecule has 0 fully saturated rings. The number of hydrogen-bond acceptors (Lipinski definition) is 1. The van der Waals surface area contributed by atoms with E-state index in [0.29, 0.717) is 6.42 Å². The summed E-state index contributed by atoms with van der Waals surface area (Å²) >= 11 is 0. The number of Topliss-reactive ketones (excluding diaryl/α,β-unsaturated/α-hetero) is 1. The van der Waals surface area contributed by atoms with Gasteiger partial charge in [0.1, 0.15) is 0 Å². The van der Waals surface area contributed by atoms with Crippen LogP contribution in [0.25, 0.3) is 0 Å². The molecule has 0 amide bonds. The Hall–Kier alpha value is 0.332. The van der Waals surface area contributed by atoms with Gasteiger partial charge in [0.15, 0.2) is 0 Å². The second-order valence-electron chi connectivity index (χ2n) is 4.29. The van der Waals surface area contributed by atoms with Crippen LogP contribution in [0.3, 0.4) is 0 Å². The Morgan fingerprint density at radius 2 is 1.93 bits per heavy atom. The maximum atomic E-state index is 11.5. The van der Waals surface area contributed by atoms with Gasteiger partial charge in [-0.3, -0.25) is 5.57 Å². The summed E-state index contributed by atoms with van der Waals surface area (Å²) < 4.78 is 0. The smallest absolute Gasteiger partial charge is 0.497 e. The van der Waals surface area contributed by atoms with Crippen molar-refractivity contribution in [2.75, 3.05) is 0 Å². The zero-order chi connectivity index (χ0) is 10.4. The monoisotopic (exact) mass is 430 g/mol. The zero-order valence-corrected chi connectivity index (χ0v) is 14.0. The third kappa shape index (κ3) is 6.49. The quantitative estimate of drug-likeness (QED) is 0.625. The van der Waals surface area contributed by atoms with Crippen LogP contribution in [0.15, 0.2) is 5.57 Å². The SMILES string of the molecule is C[C-](C)C(=O)CC1=[C-]CCCCCC1.[U+2]. The van der Waals surface area contributed by atoms with Crippen LogP contribution in [0.2, 0.25) is 0 Å². The molecule has 1 nitrogen and oxygen atoms in total. The van der Waals surface area contributed by atoms with E-state index in [9.17, 15) is 4.79 Å². The average molecular weight is 430 g/mol. The molecular formula is C13H20OU. The molecule has 0 atom stereocenters. The topological polar surface area (TPSA) is 17.1 Å². The van der Waals surface area contributed by atoms with E-state index < -0.39 is 0 Å². The Morgan fingerprint density at radius 1 is 1.27 bits per heavy atom. The summed E-state index contributed by atoms with van der Waals surface area (Å²) in [6, 6.07) is 0. The minimum atomic E-state index is 0. The fourth-order valence-electron chi connectivity index (χ4n) is 1.69. The van der Waals surface area contributed by atoms with Crippen molar-refractivity contribution in [1.29, 1.82) is 0 Å². The van der Waals surface area contributed by atoms with Gasteiger partial charge in [-0.1, -0.05) is 32.1 Å². The maximum absolute atomic E-state index is 11.5. The summed E-state index contributed by atoms with van der Waals surface area (Å²) in [5.41, 5.74) is 1.25. The van der Waals surface area contributed by atoms with Crippen molar-refractivity contribution in [3.8, 4) is 0 Å². The second-order valence-corrected chi connectivity index (χ2v) is 4.29. The Morgan fingerprint density at radius 3 is 2.60 bits per heavy atom. The van der Waals surface area contributed by atoms with E-state index in [1.807, 2.05) is 13.8 Å². The summed E-state index contributed by atoms with van der Waals surface area (Å²) in [4.78, 5) is 11.5. The molecule has 0 saturated heterocycles. The third-order valence-electron chi connectivity index (χ3n) is 2.71. The van der Waals surface area contributed by atoms with Gasteiger partial charge < -0.3 is 16.8 Å². The standard InChI is InChI=1S/C13H20O.U/c1-11(2)13(14)10-12-8-6-4-3-5-7-9-12;/h3-8,10H2,1-2H3;/q-2;+2. The van der Waals surface area contributed by atoms with Gasteiger partial charge in [0.2, 0.25) is 0 Å². The zero-order valence-electron chi connectivity index (χ0n) is 9.86. The molecule has 0 bridgehead atoms. The third-order valence-corrected chi connectivity index (χ3v) is 2.71. The van der Waals surface area contributed by atoms with E-state index >= 15 is 0 Å². The normalized spacial score (nSPS) is 16.8. The molecule has 0 saturated carbocycles. The number of carbonyl (C=O) groups excluding carboxylic acids is 1. The van der Waals surface area contributed by atoms with E-state index in [2.05, 4.69) is 6.08 Å². The number of allylic oxidation sites excluding steroid dienone is 2. The molecule has 0 aliphatic heterocycles. The van der Waals surface area contributed by atoms with Crippen LogP contribution in [-0.4, -0.2) is 5.78 Å². The molecule has 15 heavy (non-hydrogen) atoms. The predicted molar refractivity (Wildman–Crippen MR) is 58.7 cm³/mol. The number of rotatable bonds is 3. The van der Waals surface area contributed by atoms with Crippen molar-refractivity contribution < 1.29 is 35.9 Å². The van der Waals surface area contributed by atoms with Gasteiger partial charge in [-0.2, -0.15) is 20.3 Å². The molecule has 1 aliphatic carbocycles. The molecule has 0 spiro atoms. The molecule has 0 radical (unpaired) electrons. The van der Waals surface area contributed by atoms with Gasteiger partial charge in [-0.15, -0.1) is 0 Å². The molecule has 1 aliphatic rings. The Bertz CT molecular complexity index is 219. The predicted octanol–water partition coefficient (Wildman–Crippen LogP) is 3.64. The minimum Gasteiger partial charge on any atom is -0.497 e. The molecule has 0 N–H and O–H groups in total. The second kappa shape index (κ2) is 8.48. The van der Waals surface area contributed by atoms with Crippen LogP contribution in [0.5, 0.6) is 0 Å². The fourth-order valence-corrected chi connectivity index (χ4v) is 1.69. The van der Waals surface area contributed by atoms with Gasteiger partial charge in [-0.25, -0.2) is 0 Å². The van der Waals surface area contributed by atoms with Gasteiger partial charge in [0.25, 0.3) is 0 Å². The average Bonchev–Trinajstić information content (AvgIpc) is 2.08. The van der Waals surface area contributed by atoms with Crippen LogP contribution in [0, 0.1) is 43.1 Å². The van der Waals surface area contributed by atoms with Gasteiger partial charge in [0, 0.05) is 5.78 Å². The summed E-state index contributed by atoms with van der Waals surface area (Å²) in [5, 5.41) is 0. The van der Waals surface area contributed by atoms with E-state index in [4.69, 9.17) is 0 Å². The van der Waals surface area contributed by atoms with E-state index in [-0.39, 0.29) is 36.9 Å². The number of carbonyl (C=O) groups is 1. The molecule has 1 rings (SSSR count). The van der Waals surface area contributed by atoms with Gasteiger partial charge in [0.05, 0.1) is 0 Å². The first-order chi connectivity index (χ1) is 6.70. The Kier molecular flexibility index (Phi) is 8.67. The summed E-state index contributed by atoms with van der Waals surface area (Å²) in [6.45, 7) is 3.79. The van der Waals surface area contributed by atoms with Crippen molar-refractivity contribution in [1.82, 2.24) is 0 Å². The Balaban J connectivity index is 0.00000196. The molecule has 82 valence electrons. The van der Waals surface area contributed by atoms with Crippen molar-refractivity contribution in [3.63, 3.8) is 0 Å². The summed E-state index contributed by atoms with van der Waals surface area (Å²) in [6.07, 6.45) is 11.2. The van der Waals surface area contributed by atoms with E-state index in [0.717, 1.165) is 18.8 Å². The number of ketones is 1. The van der Waals surface area contributed by atoms with Gasteiger partial charge in [-0.05, 0) is 6.42 Å². The van der Waals surface area contributed by atoms with Crippen LogP contribution in [0.4, 0.5) is 0 Å². The number of hydrogen-bond donors (Lipinski definition) is 0. The summed E-state index contributed by atoms with van der Waals surface area (Å²) in [5.74, 6) is 1.20. The van der Waals surface area contributed by atoms with Crippen LogP contribution in [-0.2, 0) is 4.79 Å². The minimum absolute atomic E-state index is 0.